The van der Waals surface area contributed by atoms with Crippen molar-refractivity contribution in [3.63, 3.8) is 0 Å². The second-order valence-corrected chi connectivity index (χ2v) is 6.57. The molecule has 6 heteroatoms. The van der Waals surface area contributed by atoms with Crippen LogP contribution >= 0.6 is 11.3 Å². The highest BCUT2D eigenvalue weighted by atomic mass is 32.1. The van der Waals surface area contributed by atoms with Gasteiger partial charge in [0, 0.05) is 42.6 Å². The molecule has 2 aliphatic rings. The van der Waals surface area contributed by atoms with Crippen molar-refractivity contribution in [3.8, 4) is 5.88 Å². The topological polar surface area (TPSA) is 55.3 Å². The number of rotatable bonds is 3. The van der Waals surface area contributed by atoms with Gasteiger partial charge in [-0.25, -0.2) is 9.97 Å². The van der Waals surface area contributed by atoms with Crippen LogP contribution in [0.5, 0.6) is 5.88 Å². The fourth-order valence-corrected chi connectivity index (χ4v) is 4.12. The van der Waals surface area contributed by atoms with Gasteiger partial charge in [0.2, 0.25) is 5.88 Å². The summed E-state index contributed by atoms with van der Waals surface area (Å²) in [6, 6.07) is 6.22. The number of carbonyl (C=O) groups excluding carboxylic acids is 1. The van der Waals surface area contributed by atoms with E-state index in [1.165, 1.54) is 11.3 Å². The SMILES string of the molecule is O=C(c1cscn1)N1C2CCC1CC(Oc1ccccn1)C2. The Balaban J connectivity index is 1.47. The van der Waals surface area contributed by atoms with Crippen LogP contribution in [0.2, 0.25) is 0 Å². The molecule has 5 nitrogen and oxygen atoms in total. The van der Waals surface area contributed by atoms with Crippen molar-refractivity contribution >= 4 is 17.2 Å². The van der Waals surface area contributed by atoms with Crippen LogP contribution in [-0.2, 0) is 0 Å². The smallest absolute Gasteiger partial charge is 0.273 e. The van der Waals surface area contributed by atoms with Crippen LogP contribution in [0.25, 0.3) is 0 Å². The number of ether oxygens (including phenoxy) is 1. The first-order valence-electron chi connectivity index (χ1n) is 7.60. The Hall–Kier alpha value is -1.95. The van der Waals surface area contributed by atoms with Crippen LogP contribution in [0.3, 0.4) is 0 Å². The monoisotopic (exact) mass is 315 g/mol. The van der Waals surface area contributed by atoms with Crippen LogP contribution in [0.1, 0.15) is 36.2 Å². The van der Waals surface area contributed by atoms with Gasteiger partial charge in [-0.1, -0.05) is 6.07 Å². The van der Waals surface area contributed by atoms with Gasteiger partial charge < -0.3 is 9.64 Å². The lowest BCUT2D eigenvalue weighted by molar-refractivity contribution is 0.0344. The van der Waals surface area contributed by atoms with Gasteiger partial charge in [0.1, 0.15) is 11.8 Å². The quantitative estimate of drug-likeness (QED) is 0.874. The lowest BCUT2D eigenvalue weighted by Gasteiger charge is -2.38. The van der Waals surface area contributed by atoms with Gasteiger partial charge in [0.25, 0.3) is 5.91 Å². The third kappa shape index (κ3) is 2.47. The van der Waals surface area contributed by atoms with Gasteiger partial charge in [-0.2, -0.15) is 0 Å². The number of thiazole rings is 1. The molecule has 2 fully saturated rings. The zero-order valence-electron chi connectivity index (χ0n) is 12.1. The molecule has 114 valence electrons. The first-order chi connectivity index (χ1) is 10.8. The summed E-state index contributed by atoms with van der Waals surface area (Å²) in [5.41, 5.74) is 2.29. The number of hydrogen-bond acceptors (Lipinski definition) is 5. The van der Waals surface area contributed by atoms with Crippen molar-refractivity contribution in [1.29, 1.82) is 0 Å². The molecule has 2 aromatic rings. The first kappa shape index (κ1) is 13.7. The fourth-order valence-electron chi connectivity index (χ4n) is 3.59. The second kappa shape index (κ2) is 5.68. The van der Waals surface area contributed by atoms with Crippen molar-refractivity contribution < 1.29 is 9.53 Å². The Morgan fingerprint density at radius 1 is 1.23 bits per heavy atom. The predicted octanol–water partition coefficient (Wildman–Crippen LogP) is 2.75. The van der Waals surface area contributed by atoms with Gasteiger partial charge in [-0.15, -0.1) is 11.3 Å². The minimum atomic E-state index is 0.0741. The summed E-state index contributed by atoms with van der Waals surface area (Å²) in [6.07, 6.45) is 5.76. The van der Waals surface area contributed by atoms with Crippen molar-refractivity contribution in [1.82, 2.24) is 14.9 Å². The Labute approximate surface area is 133 Å². The van der Waals surface area contributed by atoms with Crippen LogP contribution in [-0.4, -0.2) is 39.0 Å². The largest absolute Gasteiger partial charge is 0.474 e. The van der Waals surface area contributed by atoms with E-state index in [2.05, 4.69) is 9.97 Å². The van der Waals surface area contributed by atoms with Gasteiger partial charge >= 0.3 is 0 Å². The predicted molar refractivity (Wildman–Crippen MR) is 83.0 cm³/mol. The average Bonchev–Trinajstić information content (AvgIpc) is 3.15. The first-order valence-corrected chi connectivity index (χ1v) is 8.54. The van der Waals surface area contributed by atoms with Crippen LogP contribution < -0.4 is 4.74 Å². The molecule has 4 rings (SSSR count). The maximum atomic E-state index is 12.6. The molecule has 4 heterocycles. The maximum Gasteiger partial charge on any atom is 0.273 e. The van der Waals surface area contributed by atoms with Gasteiger partial charge in [0.05, 0.1) is 5.51 Å². The van der Waals surface area contributed by atoms with E-state index in [9.17, 15) is 4.79 Å². The highest BCUT2D eigenvalue weighted by Gasteiger charge is 2.44. The van der Waals surface area contributed by atoms with Gasteiger partial charge in [0.15, 0.2) is 0 Å². The van der Waals surface area contributed by atoms with E-state index in [0.29, 0.717) is 11.6 Å². The van der Waals surface area contributed by atoms with Gasteiger partial charge in [-0.3, -0.25) is 4.79 Å². The van der Waals surface area contributed by atoms with E-state index in [1.54, 1.807) is 11.7 Å². The van der Waals surface area contributed by atoms with Crippen molar-refractivity contribution in [2.75, 3.05) is 0 Å². The number of carbonyl (C=O) groups is 1. The lowest BCUT2D eigenvalue weighted by Crippen LogP contribution is -2.49. The second-order valence-electron chi connectivity index (χ2n) is 5.85. The van der Waals surface area contributed by atoms with Crippen LogP contribution in [0, 0.1) is 0 Å². The highest BCUT2D eigenvalue weighted by Crippen LogP contribution is 2.38. The number of amides is 1. The van der Waals surface area contributed by atoms with Crippen molar-refractivity contribution in [2.24, 2.45) is 0 Å². The van der Waals surface area contributed by atoms with Crippen LogP contribution in [0.15, 0.2) is 35.3 Å². The number of nitrogens with zero attached hydrogens (tertiary/aromatic N) is 3. The Morgan fingerprint density at radius 2 is 2.05 bits per heavy atom. The van der Waals surface area contributed by atoms with Crippen molar-refractivity contribution in [2.45, 2.75) is 43.9 Å². The van der Waals surface area contributed by atoms with E-state index in [4.69, 9.17) is 4.74 Å². The number of pyridine rings is 1. The van der Waals surface area contributed by atoms with Crippen LogP contribution in [0.4, 0.5) is 0 Å². The highest BCUT2D eigenvalue weighted by molar-refractivity contribution is 7.07. The fraction of sp³-hybridized carbons (Fsp3) is 0.438. The molecule has 2 atom stereocenters. The van der Waals surface area contributed by atoms with E-state index in [-0.39, 0.29) is 24.1 Å². The number of aromatic nitrogens is 2. The molecule has 0 spiro atoms. The molecule has 0 aromatic carbocycles. The minimum absolute atomic E-state index is 0.0741. The maximum absolute atomic E-state index is 12.6. The molecular formula is C16H17N3O2S. The summed E-state index contributed by atoms with van der Waals surface area (Å²) in [6.45, 7) is 0. The molecule has 22 heavy (non-hydrogen) atoms. The number of hydrogen-bond donors (Lipinski definition) is 0. The standard InChI is InChI=1S/C16H17N3O2S/c20-16(14-9-22-10-18-14)19-11-4-5-12(19)8-13(7-11)21-15-3-1-2-6-17-15/h1-3,6,9-13H,4-5,7-8H2. The molecule has 1 amide bonds. The summed E-state index contributed by atoms with van der Waals surface area (Å²) >= 11 is 1.47. The molecule has 2 aromatic heterocycles. The summed E-state index contributed by atoms with van der Waals surface area (Å²) in [4.78, 5) is 23.0. The Kier molecular flexibility index (Phi) is 3.54. The molecule has 0 N–H and O–H groups in total. The van der Waals surface area contributed by atoms with E-state index in [1.807, 2.05) is 28.5 Å². The summed E-state index contributed by atoms with van der Waals surface area (Å²) in [5.74, 6) is 0.746. The lowest BCUT2D eigenvalue weighted by atomic mass is 9.99. The molecular weight excluding hydrogens is 298 g/mol. The Morgan fingerprint density at radius 3 is 2.68 bits per heavy atom. The third-order valence-electron chi connectivity index (χ3n) is 4.50. The zero-order chi connectivity index (χ0) is 14.9. The molecule has 0 radical (unpaired) electrons. The van der Waals surface area contributed by atoms with Gasteiger partial charge in [-0.05, 0) is 18.9 Å². The summed E-state index contributed by atoms with van der Waals surface area (Å²) in [5, 5.41) is 1.83. The van der Waals surface area contributed by atoms with Crippen molar-refractivity contribution in [3.05, 3.63) is 41.0 Å². The average molecular weight is 315 g/mol. The zero-order valence-corrected chi connectivity index (χ0v) is 12.9. The normalized spacial score (nSPS) is 26.9. The molecule has 2 saturated heterocycles. The Bertz CT molecular complexity index is 633. The third-order valence-corrected chi connectivity index (χ3v) is 5.09. The summed E-state index contributed by atoms with van der Waals surface area (Å²) < 4.78 is 5.99. The molecule has 0 aliphatic carbocycles. The van der Waals surface area contributed by atoms with E-state index in [0.717, 1.165) is 25.7 Å². The molecule has 0 saturated carbocycles. The minimum Gasteiger partial charge on any atom is -0.474 e. The van der Waals surface area contributed by atoms with E-state index < -0.39 is 0 Å². The van der Waals surface area contributed by atoms with E-state index >= 15 is 0 Å². The number of piperidine rings is 1. The molecule has 2 bridgehead atoms. The summed E-state index contributed by atoms with van der Waals surface area (Å²) in [7, 11) is 0. The molecule has 2 unspecified atom stereocenters. The number of fused-ring (bicyclic) bond motifs is 2. The molecule has 2 aliphatic heterocycles.